The Balaban J connectivity index is 0.00000192. The van der Waals surface area contributed by atoms with Gasteiger partial charge in [-0.3, -0.25) is 4.90 Å². The highest BCUT2D eigenvalue weighted by molar-refractivity contribution is 5.95. The summed E-state index contributed by atoms with van der Waals surface area (Å²) in [6.07, 6.45) is 0. The van der Waals surface area contributed by atoms with Crippen LogP contribution in [0.1, 0.15) is 0 Å². The predicted molar refractivity (Wildman–Crippen MR) is 108 cm³/mol. The number of ether oxygens (including phenoxy) is 1. The first-order chi connectivity index (χ1) is 13.4. The van der Waals surface area contributed by atoms with Crippen LogP contribution in [0.15, 0.2) is 66.7 Å². The number of anilines is 2. The molecule has 1 aliphatic rings. The second-order valence-corrected chi connectivity index (χ2v) is 6.78. The molecule has 1 fully saturated rings. The highest BCUT2D eigenvalue weighted by atomic mass is 35.5. The largest absolute Gasteiger partial charge is 1.00 e. The van der Waals surface area contributed by atoms with E-state index in [2.05, 4.69) is 59.9 Å². The summed E-state index contributed by atoms with van der Waals surface area (Å²) in [7, 11) is 0. The van der Waals surface area contributed by atoms with E-state index in [0.29, 0.717) is 5.95 Å². The number of hydrogen-bond donors (Lipinski definition) is 2. The Labute approximate surface area is 169 Å². The summed E-state index contributed by atoms with van der Waals surface area (Å²) < 4.78 is 5.53. The third kappa shape index (κ3) is 3.52. The van der Waals surface area contributed by atoms with Crippen molar-refractivity contribution in [1.82, 2.24) is 9.97 Å². The number of morpholine rings is 1. The Morgan fingerprint density at radius 1 is 0.786 bits per heavy atom. The summed E-state index contributed by atoms with van der Waals surface area (Å²) in [4.78, 5) is 11.0. The molecule has 6 heteroatoms. The molecule has 0 saturated carbocycles. The standard InChI is InChI=1S/C22H20N4O.ClH/c1-2-8-17-16(6-1)7-5-11-19(17)23-22-24-20-10-4-3-9-18(20)21(25-22)26-12-14-27-15-13-26;/h1-11H,12-15H2,(H,23,24,25);1H. The van der Waals surface area contributed by atoms with Crippen molar-refractivity contribution in [1.29, 1.82) is 0 Å². The fraction of sp³-hybridized carbons (Fsp3) is 0.182. The van der Waals surface area contributed by atoms with Crippen LogP contribution in [-0.2, 0) is 4.74 Å². The molecular weight excluding hydrogens is 372 g/mol. The Morgan fingerprint density at radius 3 is 2.36 bits per heavy atom. The van der Waals surface area contributed by atoms with E-state index in [1.165, 1.54) is 10.3 Å². The van der Waals surface area contributed by atoms with Crippen molar-refractivity contribution >= 4 is 39.1 Å². The maximum absolute atomic E-state index is 5.53. The van der Waals surface area contributed by atoms with Crippen LogP contribution in [-0.4, -0.2) is 36.3 Å². The predicted octanol–water partition coefficient (Wildman–Crippen LogP) is 0.0772. The minimum absolute atomic E-state index is 0. The highest BCUT2D eigenvalue weighted by Crippen LogP contribution is 2.27. The third-order valence-corrected chi connectivity index (χ3v) is 5.07. The van der Waals surface area contributed by atoms with Crippen LogP contribution in [0.5, 0.6) is 0 Å². The van der Waals surface area contributed by atoms with Gasteiger partial charge >= 0.3 is 0 Å². The van der Waals surface area contributed by atoms with Crippen molar-refractivity contribution in [3.8, 4) is 0 Å². The molecule has 0 aliphatic carbocycles. The van der Waals surface area contributed by atoms with Gasteiger partial charge in [0.05, 0.1) is 24.1 Å². The van der Waals surface area contributed by atoms with Crippen LogP contribution < -0.4 is 22.6 Å². The molecule has 1 aliphatic heterocycles. The van der Waals surface area contributed by atoms with E-state index in [1.54, 1.807) is 0 Å². The van der Waals surface area contributed by atoms with E-state index >= 15 is 0 Å². The van der Waals surface area contributed by atoms with Crippen molar-refractivity contribution < 1.29 is 22.0 Å². The number of fused-ring (bicyclic) bond motifs is 2. The van der Waals surface area contributed by atoms with E-state index in [0.717, 1.165) is 54.1 Å². The molecule has 0 amide bonds. The molecule has 28 heavy (non-hydrogen) atoms. The minimum Gasteiger partial charge on any atom is -1.00 e. The van der Waals surface area contributed by atoms with E-state index in [4.69, 9.17) is 14.7 Å². The monoisotopic (exact) mass is 392 g/mol. The minimum atomic E-state index is 0. The molecule has 5 rings (SSSR count). The zero-order chi connectivity index (χ0) is 18.1. The number of rotatable bonds is 3. The Morgan fingerprint density at radius 2 is 1.50 bits per heavy atom. The molecule has 142 valence electrons. The van der Waals surface area contributed by atoms with Gasteiger partial charge in [-0.25, -0.2) is 4.98 Å². The lowest BCUT2D eigenvalue weighted by atomic mass is 10.1. The molecule has 1 aromatic heterocycles. The van der Waals surface area contributed by atoms with Crippen molar-refractivity contribution in [2.75, 3.05) is 31.6 Å². The van der Waals surface area contributed by atoms with Crippen LogP contribution in [0.2, 0.25) is 0 Å². The Bertz CT molecular complexity index is 1110. The van der Waals surface area contributed by atoms with Gasteiger partial charge in [-0.15, -0.1) is 0 Å². The Kier molecular flexibility index (Phi) is 5.39. The van der Waals surface area contributed by atoms with Gasteiger partial charge in [0.25, 0.3) is 0 Å². The summed E-state index contributed by atoms with van der Waals surface area (Å²) in [5.41, 5.74) is 1.98. The van der Waals surface area contributed by atoms with Crippen molar-refractivity contribution in [2.24, 2.45) is 0 Å². The first kappa shape index (κ1) is 18.6. The average Bonchev–Trinajstić information content (AvgIpc) is 2.74. The number of aromatic nitrogens is 2. The fourth-order valence-corrected chi connectivity index (χ4v) is 3.71. The van der Waals surface area contributed by atoms with Crippen LogP contribution in [0, 0.1) is 0 Å². The van der Waals surface area contributed by atoms with Gasteiger partial charge < -0.3 is 22.5 Å². The van der Waals surface area contributed by atoms with Crippen molar-refractivity contribution in [2.45, 2.75) is 0 Å². The molecular formula is C22H21ClN4O. The maximum atomic E-state index is 5.53. The molecule has 0 unspecified atom stereocenters. The topological polar surface area (TPSA) is 51.5 Å². The third-order valence-electron chi connectivity index (χ3n) is 5.07. The first-order valence-electron chi connectivity index (χ1n) is 9.33. The van der Waals surface area contributed by atoms with Crippen LogP contribution in [0.4, 0.5) is 17.5 Å². The molecule has 5 nitrogen and oxygen atoms in total. The number of para-hydroxylation sites is 1. The second kappa shape index (κ2) is 8.10. The SMILES string of the molecule is [Cl-].c1ccc2c(Nc3nc([NH+]4CCOCC4)c4ccccc4n3)cccc2c1. The van der Waals surface area contributed by atoms with Crippen LogP contribution in [0.25, 0.3) is 21.7 Å². The molecule has 0 radical (unpaired) electrons. The zero-order valence-electron chi connectivity index (χ0n) is 15.4. The maximum Gasteiger partial charge on any atom is 0.238 e. The van der Waals surface area contributed by atoms with Gasteiger partial charge in [-0.1, -0.05) is 48.5 Å². The normalized spacial score (nSPS) is 14.7. The number of nitrogens with one attached hydrogen (secondary N) is 2. The quantitative estimate of drug-likeness (QED) is 0.518. The fourth-order valence-electron chi connectivity index (χ4n) is 3.71. The summed E-state index contributed by atoms with van der Waals surface area (Å²) in [6, 6.07) is 22.8. The molecule has 0 spiro atoms. The van der Waals surface area contributed by atoms with Gasteiger partial charge in [0.1, 0.15) is 13.1 Å². The van der Waals surface area contributed by atoms with Crippen molar-refractivity contribution in [3.05, 3.63) is 66.7 Å². The summed E-state index contributed by atoms with van der Waals surface area (Å²) >= 11 is 0. The van der Waals surface area contributed by atoms with E-state index < -0.39 is 0 Å². The van der Waals surface area contributed by atoms with Gasteiger partial charge in [0.2, 0.25) is 11.8 Å². The summed E-state index contributed by atoms with van der Waals surface area (Å²) in [6.45, 7) is 3.38. The van der Waals surface area contributed by atoms with Crippen molar-refractivity contribution in [3.63, 3.8) is 0 Å². The molecule has 3 aromatic carbocycles. The van der Waals surface area contributed by atoms with E-state index in [-0.39, 0.29) is 12.4 Å². The molecule has 2 N–H and O–H groups in total. The summed E-state index contributed by atoms with van der Waals surface area (Å²) in [5.74, 6) is 1.69. The van der Waals surface area contributed by atoms with Crippen LogP contribution in [0.3, 0.4) is 0 Å². The Hall–Kier alpha value is -2.73. The van der Waals surface area contributed by atoms with Gasteiger partial charge in [-0.05, 0) is 23.6 Å². The van der Waals surface area contributed by atoms with E-state index in [9.17, 15) is 0 Å². The molecule has 0 bridgehead atoms. The number of nitrogens with zero attached hydrogens (tertiary/aromatic N) is 2. The number of hydrogen-bond acceptors (Lipinski definition) is 4. The lowest BCUT2D eigenvalue weighted by Gasteiger charge is -2.23. The van der Waals surface area contributed by atoms with E-state index in [1.807, 2.05) is 12.1 Å². The van der Waals surface area contributed by atoms with Crippen LogP contribution >= 0.6 is 0 Å². The average molecular weight is 393 g/mol. The van der Waals surface area contributed by atoms with Gasteiger partial charge in [0.15, 0.2) is 0 Å². The first-order valence-corrected chi connectivity index (χ1v) is 9.33. The highest BCUT2D eigenvalue weighted by Gasteiger charge is 2.22. The summed E-state index contributed by atoms with van der Waals surface area (Å²) in [5, 5.41) is 6.92. The molecule has 0 atom stereocenters. The van der Waals surface area contributed by atoms with Gasteiger partial charge in [0, 0.05) is 11.1 Å². The second-order valence-electron chi connectivity index (χ2n) is 6.78. The zero-order valence-corrected chi connectivity index (χ0v) is 16.1. The molecule has 2 heterocycles. The number of benzene rings is 3. The molecule has 1 saturated heterocycles. The number of halogens is 1. The smallest absolute Gasteiger partial charge is 0.238 e. The lowest BCUT2D eigenvalue weighted by Crippen LogP contribution is -3.09. The number of quaternary nitrogens is 1. The molecule has 4 aromatic rings. The lowest BCUT2D eigenvalue weighted by molar-refractivity contribution is -0.843. The van der Waals surface area contributed by atoms with Gasteiger partial charge in [-0.2, -0.15) is 4.98 Å².